The van der Waals surface area contributed by atoms with E-state index in [9.17, 15) is 14.9 Å². The summed E-state index contributed by atoms with van der Waals surface area (Å²) in [6.07, 6.45) is 1.80. The van der Waals surface area contributed by atoms with Crippen molar-refractivity contribution in [3.8, 4) is 6.07 Å². The number of carboxylic acid groups (broad SMARTS) is 1. The van der Waals surface area contributed by atoms with E-state index in [1.165, 1.54) is 18.2 Å². The minimum atomic E-state index is -0.807. The number of nitrogens with zero attached hydrogens (tertiary/aromatic N) is 2. The van der Waals surface area contributed by atoms with E-state index in [1.54, 1.807) is 0 Å². The van der Waals surface area contributed by atoms with E-state index in [4.69, 9.17) is 10.4 Å². The van der Waals surface area contributed by atoms with Gasteiger partial charge in [0.2, 0.25) is 0 Å². The Bertz CT molecular complexity index is 594. The quantitative estimate of drug-likeness (QED) is 0.642. The topological polar surface area (TPSA) is 116 Å². The number of carboxylic acids is 1. The number of carbonyl (C=O) groups is 1. The van der Waals surface area contributed by atoms with Gasteiger partial charge in [0.15, 0.2) is 0 Å². The number of benzene rings is 1. The highest BCUT2D eigenvalue weighted by molar-refractivity contribution is 5.70. The first-order valence-electron chi connectivity index (χ1n) is 6.19. The van der Waals surface area contributed by atoms with Crippen LogP contribution in [0.15, 0.2) is 18.2 Å². The molecule has 1 aromatic rings. The van der Waals surface area contributed by atoms with Crippen LogP contribution in [0.3, 0.4) is 0 Å². The maximum atomic E-state index is 10.9. The van der Waals surface area contributed by atoms with Crippen LogP contribution in [0.4, 0.5) is 11.4 Å². The zero-order chi connectivity index (χ0) is 14.7. The number of nitriles is 1. The molecule has 0 unspecified atom stereocenters. The van der Waals surface area contributed by atoms with Gasteiger partial charge in [-0.3, -0.25) is 14.9 Å². The van der Waals surface area contributed by atoms with Crippen molar-refractivity contribution in [1.29, 1.82) is 5.26 Å². The molecule has 104 valence electrons. The van der Waals surface area contributed by atoms with E-state index in [0.29, 0.717) is 24.9 Å². The van der Waals surface area contributed by atoms with Crippen molar-refractivity contribution in [1.82, 2.24) is 0 Å². The zero-order valence-electron chi connectivity index (χ0n) is 10.6. The number of nitrogens with one attached hydrogen (secondary N) is 1. The summed E-state index contributed by atoms with van der Waals surface area (Å²) < 4.78 is 0. The smallest absolute Gasteiger partial charge is 0.306 e. The number of rotatable bonds is 4. The third-order valence-electron chi connectivity index (χ3n) is 3.48. The van der Waals surface area contributed by atoms with E-state index in [-0.39, 0.29) is 23.2 Å². The molecule has 1 aliphatic rings. The fraction of sp³-hybridized carbons (Fsp3) is 0.385. The minimum absolute atomic E-state index is 0.0235. The third kappa shape index (κ3) is 2.85. The summed E-state index contributed by atoms with van der Waals surface area (Å²) in [7, 11) is 0. The van der Waals surface area contributed by atoms with Gasteiger partial charge in [-0.05, 0) is 25.3 Å². The fourth-order valence-corrected chi connectivity index (χ4v) is 2.42. The molecule has 2 atom stereocenters. The SMILES string of the molecule is N#Cc1cc([N+](=O)[O-])ccc1N[C@H]1CC[C@@H](C(=O)O)C1. The first-order chi connectivity index (χ1) is 9.51. The van der Waals surface area contributed by atoms with Crippen LogP contribution in [0.5, 0.6) is 0 Å². The van der Waals surface area contributed by atoms with Gasteiger partial charge in [0.1, 0.15) is 6.07 Å². The van der Waals surface area contributed by atoms with Crippen LogP contribution in [0, 0.1) is 27.4 Å². The Hall–Kier alpha value is -2.62. The Morgan fingerprint density at radius 3 is 2.80 bits per heavy atom. The molecule has 2 N–H and O–H groups in total. The van der Waals surface area contributed by atoms with Crippen LogP contribution in [0.25, 0.3) is 0 Å². The summed E-state index contributed by atoms with van der Waals surface area (Å²) in [5, 5.41) is 31.7. The number of nitro benzene ring substituents is 1. The number of non-ortho nitro benzene ring substituents is 1. The Balaban J connectivity index is 2.13. The fourth-order valence-electron chi connectivity index (χ4n) is 2.42. The molecule has 20 heavy (non-hydrogen) atoms. The molecule has 0 radical (unpaired) electrons. The second-order valence-corrected chi connectivity index (χ2v) is 4.79. The maximum Gasteiger partial charge on any atom is 0.306 e. The first kappa shape index (κ1) is 13.8. The molecule has 0 heterocycles. The number of hydrogen-bond acceptors (Lipinski definition) is 5. The van der Waals surface area contributed by atoms with Crippen molar-refractivity contribution in [2.75, 3.05) is 5.32 Å². The molecule has 0 saturated heterocycles. The van der Waals surface area contributed by atoms with E-state index in [0.717, 1.165) is 0 Å². The average Bonchev–Trinajstić information content (AvgIpc) is 2.87. The molecule has 7 heteroatoms. The standard InChI is InChI=1S/C13H13N3O4/c14-7-9-6-11(16(19)20)3-4-12(9)15-10-2-1-8(5-10)13(17)18/h3-4,6,8,10,15H,1-2,5H2,(H,17,18)/t8-,10+/m1/s1. The van der Waals surface area contributed by atoms with Crippen LogP contribution >= 0.6 is 0 Å². The van der Waals surface area contributed by atoms with Gasteiger partial charge >= 0.3 is 5.97 Å². The second-order valence-electron chi connectivity index (χ2n) is 4.79. The Labute approximate surface area is 115 Å². The van der Waals surface area contributed by atoms with Crippen LogP contribution < -0.4 is 5.32 Å². The van der Waals surface area contributed by atoms with Crippen LogP contribution in [0.2, 0.25) is 0 Å². The number of nitro groups is 1. The minimum Gasteiger partial charge on any atom is -0.481 e. The normalized spacial score (nSPS) is 21.1. The van der Waals surface area contributed by atoms with Crippen molar-refractivity contribution in [3.05, 3.63) is 33.9 Å². The van der Waals surface area contributed by atoms with Gasteiger partial charge < -0.3 is 10.4 Å². The number of anilines is 1. The van der Waals surface area contributed by atoms with Crippen molar-refractivity contribution in [3.63, 3.8) is 0 Å². The maximum absolute atomic E-state index is 10.9. The molecule has 0 spiro atoms. The average molecular weight is 275 g/mol. The molecular formula is C13H13N3O4. The van der Waals surface area contributed by atoms with Crippen molar-refractivity contribution in [2.24, 2.45) is 5.92 Å². The Kier molecular flexibility index (Phi) is 3.84. The molecular weight excluding hydrogens is 262 g/mol. The van der Waals surface area contributed by atoms with Crippen molar-refractivity contribution >= 4 is 17.3 Å². The summed E-state index contributed by atoms with van der Waals surface area (Å²) in [6.45, 7) is 0. The summed E-state index contributed by atoms with van der Waals surface area (Å²) in [5.41, 5.74) is 0.564. The van der Waals surface area contributed by atoms with Gasteiger partial charge in [-0.1, -0.05) is 0 Å². The zero-order valence-corrected chi connectivity index (χ0v) is 10.6. The first-order valence-corrected chi connectivity index (χ1v) is 6.19. The van der Waals surface area contributed by atoms with Crippen molar-refractivity contribution in [2.45, 2.75) is 25.3 Å². The highest BCUT2D eigenvalue weighted by Gasteiger charge is 2.30. The molecule has 0 bridgehead atoms. The lowest BCUT2D eigenvalue weighted by Crippen LogP contribution is -2.18. The van der Waals surface area contributed by atoms with Crippen LogP contribution in [-0.2, 0) is 4.79 Å². The largest absolute Gasteiger partial charge is 0.481 e. The summed E-state index contributed by atoms with van der Waals surface area (Å²) >= 11 is 0. The van der Waals surface area contributed by atoms with Gasteiger partial charge in [-0.25, -0.2) is 0 Å². The van der Waals surface area contributed by atoms with E-state index in [2.05, 4.69) is 5.32 Å². The third-order valence-corrected chi connectivity index (χ3v) is 3.48. The lowest BCUT2D eigenvalue weighted by Gasteiger charge is -2.14. The van der Waals surface area contributed by atoms with Gasteiger partial charge in [0.25, 0.3) is 5.69 Å². The van der Waals surface area contributed by atoms with E-state index in [1.807, 2.05) is 6.07 Å². The van der Waals surface area contributed by atoms with Crippen molar-refractivity contribution < 1.29 is 14.8 Å². The molecule has 0 amide bonds. The number of aliphatic carboxylic acids is 1. The monoisotopic (exact) mass is 275 g/mol. The molecule has 1 saturated carbocycles. The van der Waals surface area contributed by atoms with Gasteiger partial charge in [0, 0.05) is 18.2 Å². The summed E-state index contributed by atoms with van der Waals surface area (Å²) in [4.78, 5) is 21.0. The Morgan fingerprint density at radius 1 is 1.50 bits per heavy atom. The summed E-state index contributed by atoms with van der Waals surface area (Å²) in [5.74, 6) is -1.17. The van der Waals surface area contributed by atoms with Gasteiger partial charge in [-0.2, -0.15) is 5.26 Å². The molecule has 2 rings (SSSR count). The molecule has 7 nitrogen and oxygen atoms in total. The Morgan fingerprint density at radius 2 is 2.25 bits per heavy atom. The highest BCUT2D eigenvalue weighted by Crippen LogP contribution is 2.30. The lowest BCUT2D eigenvalue weighted by atomic mass is 10.1. The number of hydrogen-bond donors (Lipinski definition) is 2. The summed E-state index contributed by atoms with van der Waals surface area (Å²) in [6, 6.07) is 5.92. The molecule has 1 fully saturated rings. The second kappa shape index (κ2) is 5.57. The molecule has 0 aliphatic heterocycles. The predicted molar refractivity (Wildman–Crippen MR) is 70.2 cm³/mol. The molecule has 1 aromatic carbocycles. The van der Waals surface area contributed by atoms with Gasteiger partial charge in [-0.15, -0.1) is 0 Å². The van der Waals surface area contributed by atoms with Gasteiger partial charge in [0.05, 0.1) is 22.1 Å². The highest BCUT2D eigenvalue weighted by atomic mass is 16.6. The van der Waals surface area contributed by atoms with Crippen LogP contribution in [-0.4, -0.2) is 22.0 Å². The predicted octanol–water partition coefficient (Wildman–Crippen LogP) is 2.13. The lowest BCUT2D eigenvalue weighted by molar-refractivity contribution is -0.384. The molecule has 0 aromatic heterocycles. The van der Waals surface area contributed by atoms with E-state index >= 15 is 0 Å². The van der Waals surface area contributed by atoms with E-state index < -0.39 is 10.9 Å². The van der Waals surface area contributed by atoms with Crippen LogP contribution in [0.1, 0.15) is 24.8 Å². The molecule has 1 aliphatic carbocycles.